The van der Waals surface area contributed by atoms with Gasteiger partial charge < -0.3 is 10.3 Å². The standard InChI is InChI=1S/C10H19N5O2S/c1-4-15(5-8(2)10(11)12)18(16,17)9-6-14(3)7-13-9/h6-8H,4-5H2,1-3H3,(H3,11,12). The van der Waals surface area contributed by atoms with Crippen molar-refractivity contribution in [3.05, 3.63) is 12.5 Å². The number of rotatable bonds is 6. The quantitative estimate of drug-likeness (QED) is 0.562. The third-order valence-electron chi connectivity index (χ3n) is 2.65. The molecule has 1 heterocycles. The minimum absolute atomic E-state index is 0.0163. The van der Waals surface area contributed by atoms with Gasteiger partial charge in [0.25, 0.3) is 10.0 Å². The van der Waals surface area contributed by atoms with Gasteiger partial charge in [-0.05, 0) is 0 Å². The van der Waals surface area contributed by atoms with Gasteiger partial charge in [-0.15, -0.1) is 0 Å². The molecule has 8 heteroatoms. The average Bonchev–Trinajstić information content (AvgIpc) is 2.72. The lowest BCUT2D eigenvalue weighted by molar-refractivity contribution is 0.402. The molecule has 1 aromatic rings. The van der Waals surface area contributed by atoms with E-state index in [-0.39, 0.29) is 23.3 Å². The van der Waals surface area contributed by atoms with Crippen molar-refractivity contribution in [3.8, 4) is 0 Å². The van der Waals surface area contributed by atoms with Crippen molar-refractivity contribution < 1.29 is 8.42 Å². The molecule has 0 aliphatic heterocycles. The highest BCUT2D eigenvalue weighted by molar-refractivity contribution is 7.89. The fourth-order valence-corrected chi connectivity index (χ4v) is 2.96. The smallest absolute Gasteiger partial charge is 0.262 e. The fraction of sp³-hybridized carbons (Fsp3) is 0.600. The maximum atomic E-state index is 12.3. The van der Waals surface area contributed by atoms with Crippen LogP contribution < -0.4 is 5.73 Å². The van der Waals surface area contributed by atoms with E-state index >= 15 is 0 Å². The predicted octanol–water partition coefficient (Wildman–Crippen LogP) is 0.00277. The topological polar surface area (TPSA) is 105 Å². The first-order valence-corrected chi connectivity index (χ1v) is 7.05. The normalized spacial score (nSPS) is 13.8. The van der Waals surface area contributed by atoms with Gasteiger partial charge in [-0.25, -0.2) is 13.4 Å². The highest BCUT2D eigenvalue weighted by Crippen LogP contribution is 2.14. The highest BCUT2D eigenvalue weighted by atomic mass is 32.2. The number of nitrogens with zero attached hydrogens (tertiary/aromatic N) is 3. The molecule has 102 valence electrons. The molecule has 0 aliphatic carbocycles. The van der Waals surface area contributed by atoms with E-state index in [4.69, 9.17) is 11.1 Å². The monoisotopic (exact) mass is 273 g/mol. The van der Waals surface area contributed by atoms with Crippen LogP contribution in [0, 0.1) is 11.3 Å². The Bertz CT molecular complexity index is 522. The Balaban J connectivity index is 2.97. The second-order valence-corrected chi connectivity index (χ2v) is 6.07. The van der Waals surface area contributed by atoms with Crippen LogP contribution >= 0.6 is 0 Å². The van der Waals surface area contributed by atoms with E-state index in [2.05, 4.69) is 4.98 Å². The zero-order chi connectivity index (χ0) is 13.9. The van der Waals surface area contributed by atoms with Crippen molar-refractivity contribution in [3.63, 3.8) is 0 Å². The summed E-state index contributed by atoms with van der Waals surface area (Å²) in [5.74, 6) is -0.340. The van der Waals surface area contributed by atoms with Crippen molar-refractivity contribution >= 4 is 15.9 Å². The first-order valence-electron chi connectivity index (χ1n) is 5.61. The van der Waals surface area contributed by atoms with Crippen molar-refractivity contribution in [1.29, 1.82) is 5.41 Å². The van der Waals surface area contributed by atoms with Gasteiger partial charge in [0.05, 0.1) is 12.2 Å². The summed E-state index contributed by atoms with van der Waals surface area (Å²) in [5.41, 5.74) is 5.37. The average molecular weight is 273 g/mol. The summed E-state index contributed by atoms with van der Waals surface area (Å²) >= 11 is 0. The van der Waals surface area contributed by atoms with Crippen LogP contribution in [0.25, 0.3) is 0 Å². The summed E-state index contributed by atoms with van der Waals surface area (Å²) in [7, 11) is -1.90. The van der Waals surface area contributed by atoms with Crippen molar-refractivity contribution in [2.24, 2.45) is 18.7 Å². The number of hydrogen-bond donors (Lipinski definition) is 2. The van der Waals surface area contributed by atoms with E-state index in [1.807, 2.05) is 0 Å². The summed E-state index contributed by atoms with van der Waals surface area (Å²) < 4.78 is 27.4. The van der Waals surface area contributed by atoms with Crippen LogP contribution in [-0.4, -0.2) is 41.2 Å². The number of hydrogen-bond acceptors (Lipinski definition) is 4. The minimum atomic E-state index is -3.61. The Labute approximate surface area is 107 Å². The Morgan fingerprint density at radius 3 is 2.67 bits per heavy atom. The molecule has 0 aliphatic rings. The Kier molecular flexibility index (Phi) is 4.47. The molecule has 7 nitrogen and oxygen atoms in total. The van der Waals surface area contributed by atoms with Gasteiger partial charge in [0.1, 0.15) is 0 Å². The molecular formula is C10H19N5O2S. The zero-order valence-corrected chi connectivity index (χ0v) is 11.6. The van der Waals surface area contributed by atoms with E-state index in [1.165, 1.54) is 16.8 Å². The molecule has 1 unspecified atom stereocenters. The first kappa shape index (κ1) is 14.7. The molecule has 18 heavy (non-hydrogen) atoms. The maximum Gasteiger partial charge on any atom is 0.262 e. The molecule has 0 saturated carbocycles. The van der Waals surface area contributed by atoms with Crippen LogP contribution in [0.1, 0.15) is 13.8 Å². The number of nitrogens with two attached hydrogens (primary N) is 1. The minimum Gasteiger partial charge on any atom is -0.387 e. The van der Waals surface area contributed by atoms with Crippen LogP contribution in [-0.2, 0) is 17.1 Å². The van der Waals surface area contributed by atoms with Crippen LogP contribution in [0.5, 0.6) is 0 Å². The lowest BCUT2D eigenvalue weighted by atomic mass is 10.1. The summed E-state index contributed by atoms with van der Waals surface area (Å²) in [6.07, 6.45) is 2.89. The molecule has 3 N–H and O–H groups in total. The highest BCUT2D eigenvalue weighted by Gasteiger charge is 2.27. The summed E-state index contributed by atoms with van der Waals surface area (Å²) in [6.45, 7) is 3.97. The summed E-state index contributed by atoms with van der Waals surface area (Å²) in [6, 6.07) is 0. The number of sulfonamides is 1. The lowest BCUT2D eigenvalue weighted by Crippen LogP contribution is -2.38. The van der Waals surface area contributed by atoms with Crippen LogP contribution in [0.4, 0.5) is 0 Å². The van der Waals surface area contributed by atoms with Crippen LogP contribution in [0.15, 0.2) is 17.6 Å². The first-order chi connectivity index (χ1) is 8.28. The molecule has 1 aromatic heterocycles. The molecule has 0 spiro atoms. The Morgan fingerprint density at radius 1 is 1.67 bits per heavy atom. The fourth-order valence-electron chi connectivity index (χ4n) is 1.46. The van der Waals surface area contributed by atoms with Crippen molar-refractivity contribution in [2.45, 2.75) is 18.9 Å². The predicted molar refractivity (Wildman–Crippen MR) is 68.7 cm³/mol. The van der Waals surface area contributed by atoms with E-state index in [0.29, 0.717) is 6.54 Å². The molecule has 0 saturated heterocycles. The summed E-state index contributed by atoms with van der Waals surface area (Å²) in [5, 5.41) is 7.33. The molecule has 1 rings (SSSR count). The van der Waals surface area contributed by atoms with Gasteiger partial charge in [0.2, 0.25) is 0 Å². The van der Waals surface area contributed by atoms with E-state index < -0.39 is 10.0 Å². The third kappa shape index (κ3) is 3.08. The Hall–Kier alpha value is -1.41. The van der Waals surface area contributed by atoms with Crippen molar-refractivity contribution in [1.82, 2.24) is 13.9 Å². The molecule has 1 atom stereocenters. The summed E-state index contributed by atoms with van der Waals surface area (Å²) in [4.78, 5) is 3.86. The lowest BCUT2D eigenvalue weighted by Gasteiger charge is -2.22. The van der Waals surface area contributed by atoms with Gasteiger partial charge in [-0.3, -0.25) is 5.41 Å². The number of imidazole rings is 1. The van der Waals surface area contributed by atoms with Crippen LogP contribution in [0.3, 0.4) is 0 Å². The zero-order valence-electron chi connectivity index (χ0n) is 10.8. The van der Waals surface area contributed by atoms with E-state index in [1.54, 1.807) is 25.5 Å². The Morgan fingerprint density at radius 2 is 2.28 bits per heavy atom. The molecule has 0 aromatic carbocycles. The second kappa shape index (κ2) is 5.49. The van der Waals surface area contributed by atoms with E-state index in [0.717, 1.165) is 0 Å². The SMILES string of the molecule is CCN(CC(C)C(=N)N)S(=O)(=O)c1cn(C)cn1. The molecular weight excluding hydrogens is 254 g/mol. The number of nitrogens with one attached hydrogen (secondary N) is 1. The number of aryl methyl sites for hydroxylation is 1. The van der Waals surface area contributed by atoms with E-state index in [9.17, 15) is 8.42 Å². The number of amidine groups is 1. The van der Waals surface area contributed by atoms with Gasteiger partial charge in [-0.2, -0.15) is 4.31 Å². The van der Waals surface area contributed by atoms with Gasteiger partial charge in [-0.1, -0.05) is 13.8 Å². The van der Waals surface area contributed by atoms with Gasteiger partial charge in [0, 0.05) is 32.3 Å². The molecule has 0 radical (unpaired) electrons. The van der Waals surface area contributed by atoms with Gasteiger partial charge >= 0.3 is 0 Å². The largest absolute Gasteiger partial charge is 0.387 e. The molecule has 0 fully saturated rings. The third-order valence-corrected chi connectivity index (χ3v) is 4.47. The number of aromatic nitrogens is 2. The van der Waals surface area contributed by atoms with Crippen molar-refractivity contribution in [2.75, 3.05) is 13.1 Å². The second-order valence-electron chi connectivity index (χ2n) is 4.19. The molecule has 0 bridgehead atoms. The maximum absolute atomic E-state index is 12.3. The van der Waals surface area contributed by atoms with Gasteiger partial charge in [0.15, 0.2) is 5.03 Å². The van der Waals surface area contributed by atoms with Crippen LogP contribution in [0.2, 0.25) is 0 Å². The molecule has 0 amide bonds.